The Morgan fingerprint density at radius 2 is 1.97 bits per heavy atom. The number of para-hydroxylation sites is 1. The number of aryl methyl sites for hydroxylation is 1. The summed E-state index contributed by atoms with van der Waals surface area (Å²) in [5, 5.41) is 5.06. The Kier molecular flexibility index (Phi) is 4.98. The molecule has 1 aliphatic heterocycles. The molecule has 0 aliphatic carbocycles. The van der Waals surface area contributed by atoms with E-state index >= 15 is 0 Å². The first kappa shape index (κ1) is 20.0. The number of benzene rings is 2. The van der Waals surface area contributed by atoms with Gasteiger partial charge >= 0.3 is 5.91 Å². The average Bonchev–Trinajstić information content (AvgIpc) is 3.13. The van der Waals surface area contributed by atoms with Crippen LogP contribution in [0.25, 0.3) is 16.5 Å². The number of nitrogens with one attached hydrogen (secondary N) is 1. The number of nitrogens with zero attached hydrogens (tertiary/aromatic N) is 2. The minimum atomic E-state index is -0.368. The topological polar surface area (TPSA) is 57.8 Å². The van der Waals surface area contributed by atoms with Gasteiger partial charge < -0.3 is 9.32 Å². The summed E-state index contributed by atoms with van der Waals surface area (Å²) < 4.78 is 5.59. The summed E-state index contributed by atoms with van der Waals surface area (Å²) in [6.07, 6.45) is 4.00. The van der Waals surface area contributed by atoms with Gasteiger partial charge in [0.15, 0.2) is 5.76 Å². The van der Waals surface area contributed by atoms with Crippen LogP contribution in [-0.2, 0) is 0 Å². The molecular formula is C25H27N3O2. The normalized spacial score (nSPS) is 15.4. The Morgan fingerprint density at radius 1 is 1.20 bits per heavy atom. The number of carbonyl (C=O) groups excluding carboxylic acids is 1. The minimum absolute atomic E-state index is 0.0194. The highest BCUT2D eigenvalue weighted by Crippen LogP contribution is 2.39. The van der Waals surface area contributed by atoms with Gasteiger partial charge in [0.05, 0.1) is 11.8 Å². The molecule has 1 N–H and O–H groups in total. The van der Waals surface area contributed by atoms with Crippen LogP contribution >= 0.6 is 0 Å². The highest BCUT2D eigenvalue weighted by molar-refractivity contribution is 5.97. The van der Waals surface area contributed by atoms with Crippen LogP contribution in [0.15, 0.2) is 58.1 Å². The summed E-state index contributed by atoms with van der Waals surface area (Å²) in [6, 6.07) is 13.6. The van der Waals surface area contributed by atoms with Gasteiger partial charge in [0.1, 0.15) is 5.58 Å². The third kappa shape index (κ3) is 3.52. The maximum atomic E-state index is 12.4. The summed E-state index contributed by atoms with van der Waals surface area (Å²) >= 11 is 0. The van der Waals surface area contributed by atoms with Crippen molar-refractivity contribution in [1.82, 2.24) is 5.43 Å². The van der Waals surface area contributed by atoms with Crippen molar-refractivity contribution in [2.45, 2.75) is 40.2 Å². The number of hydrazone groups is 1. The molecule has 5 heteroatoms. The highest BCUT2D eigenvalue weighted by atomic mass is 16.3. The van der Waals surface area contributed by atoms with Crippen molar-refractivity contribution in [2.24, 2.45) is 5.10 Å². The highest BCUT2D eigenvalue weighted by Gasteiger charge is 2.30. The van der Waals surface area contributed by atoms with Crippen molar-refractivity contribution in [3.05, 3.63) is 71.0 Å². The maximum absolute atomic E-state index is 12.4. The first-order valence-corrected chi connectivity index (χ1v) is 10.2. The molecule has 30 heavy (non-hydrogen) atoms. The number of fused-ring (bicyclic) bond motifs is 2. The fraction of sp³-hybridized carbons (Fsp3) is 0.280. The van der Waals surface area contributed by atoms with Gasteiger partial charge in [-0.2, -0.15) is 5.10 Å². The summed E-state index contributed by atoms with van der Waals surface area (Å²) in [4.78, 5) is 14.8. The largest absolute Gasteiger partial charge is 0.451 e. The molecule has 4 rings (SSSR count). The zero-order chi connectivity index (χ0) is 21.5. The second-order valence-corrected chi connectivity index (χ2v) is 8.30. The first-order valence-electron chi connectivity index (χ1n) is 10.2. The van der Waals surface area contributed by atoms with Crippen molar-refractivity contribution in [2.75, 3.05) is 11.4 Å². The van der Waals surface area contributed by atoms with E-state index in [4.69, 9.17) is 4.42 Å². The molecule has 0 saturated carbocycles. The van der Waals surface area contributed by atoms with Crippen LogP contribution in [-0.4, -0.2) is 24.2 Å². The molecule has 0 spiro atoms. The van der Waals surface area contributed by atoms with Crippen LogP contribution in [0.1, 0.15) is 54.9 Å². The zero-order valence-electron chi connectivity index (χ0n) is 18.1. The Hall–Kier alpha value is -3.34. The molecule has 0 unspecified atom stereocenters. The molecule has 3 aromatic rings. The van der Waals surface area contributed by atoms with Crippen LogP contribution in [0.3, 0.4) is 0 Å². The van der Waals surface area contributed by atoms with Crippen molar-refractivity contribution in [3.8, 4) is 0 Å². The molecule has 1 aliphatic rings. The summed E-state index contributed by atoms with van der Waals surface area (Å²) in [6.45, 7) is 11.8. The van der Waals surface area contributed by atoms with Crippen molar-refractivity contribution in [1.29, 1.82) is 0 Å². The lowest BCUT2D eigenvalue weighted by molar-refractivity contribution is 0.0929. The zero-order valence-corrected chi connectivity index (χ0v) is 18.1. The molecule has 0 atom stereocenters. The van der Waals surface area contributed by atoms with E-state index < -0.39 is 0 Å². The predicted octanol–water partition coefficient (Wildman–Crippen LogP) is 5.53. The average molecular weight is 402 g/mol. The molecule has 0 fully saturated rings. The number of likely N-dealkylation sites (N-methyl/N-ethyl adjacent to an activating group) is 1. The molecular weight excluding hydrogens is 374 g/mol. The number of anilines is 1. The van der Waals surface area contributed by atoms with E-state index in [1.165, 1.54) is 16.8 Å². The Labute approximate surface area is 177 Å². The van der Waals surface area contributed by atoms with Crippen LogP contribution in [0.2, 0.25) is 0 Å². The lowest BCUT2D eigenvalue weighted by Crippen LogP contribution is -2.45. The fourth-order valence-corrected chi connectivity index (χ4v) is 4.27. The molecule has 2 aromatic carbocycles. The molecule has 0 saturated heterocycles. The second-order valence-electron chi connectivity index (χ2n) is 8.30. The Balaban J connectivity index is 1.57. The number of rotatable bonds is 4. The number of amides is 1. The number of furan rings is 1. The van der Waals surface area contributed by atoms with Crippen molar-refractivity contribution in [3.63, 3.8) is 0 Å². The monoisotopic (exact) mass is 401 g/mol. The van der Waals surface area contributed by atoms with Gasteiger partial charge in [-0.1, -0.05) is 24.3 Å². The van der Waals surface area contributed by atoms with Gasteiger partial charge in [0, 0.05) is 23.2 Å². The smallest absolute Gasteiger partial charge is 0.307 e. The van der Waals surface area contributed by atoms with Gasteiger partial charge in [0.25, 0.3) is 0 Å². The van der Waals surface area contributed by atoms with Gasteiger partial charge in [-0.3, -0.25) is 4.79 Å². The molecule has 154 valence electrons. The van der Waals surface area contributed by atoms with Crippen molar-refractivity contribution < 1.29 is 9.21 Å². The van der Waals surface area contributed by atoms with Crippen LogP contribution in [0, 0.1) is 6.92 Å². The lowest BCUT2D eigenvalue weighted by Gasteiger charge is -2.43. The SMILES string of the molecule is CCN1c2cc(C)c(/C=N\NC(=O)c3cc4ccccc4o3)cc2C(C)=CC1(C)C. The summed E-state index contributed by atoms with van der Waals surface area (Å²) in [7, 11) is 0. The minimum Gasteiger partial charge on any atom is -0.451 e. The Morgan fingerprint density at radius 3 is 2.70 bits per heavy atom. The standard InChI is InChI=1S/C25H27N3O2/c1-6-28-21-11-16(2)19(12-20(21)17(3)14-25(28,4)5)15-26-27-24(29)23-13-18-9-7-8-10-22(18)30-23/h7-15H,6H2,1-5H3,(H,27,29)/b26-15-. The second kappa shape index (κ2) is 7.48. The number of allylic oxidation sites excluding steroid dienone is 1. The van der Waals surface area contributed by atoms with Gasteiger partial charge in [-0.15, -0.1) is 0 Å². The summed E-state index contributed by atoms with van der Waals surface area (Å²) in [5.74, 6) is -0.122. The van der Waals surface area contributed by atoms with E-state index in [1.807, 2.05) is 24.3 Å². The first-order chi connectivity index (χ1) is 14.3. The Bertz CT molecular complexity index is 1150. The van der Waals surface area contributed by atoms with E-state index in [0.29, 0.717) is 5.58 Å². The van der Waals surface area contributed by atoms with E-state index in [2.05, 4.69) is 68.3 Å². The molecule has 2 heterocycles. The van der Waals surface area contributed by atoms with E-state index in [0.717, 1.165) is 23.1 Å². The summed E-state index contributed by atoms with van der Waals surface area (Å²) in [5.41, 5.74) is 9.01. The van der Waals surface area contributed by atoms with Gasteiger partial charge in [-0.25, -0.2) is 5.43 Å². The third-order valence-electron chi connectivity index (χ3n) is 5.70. The van der Waals surface area contributed by atoms with Crippen LogP contribution in [0.4, 0.5) is 5.69 Å². The fourth-order valence-electron chi connectivity index (χ4n) is 4.27. The molecule has 5 nitrogen and oxygen atoms in total. The van der Waals surface area contributed by atoms with Crippen LogP contribution in [0.5, 0.6) is 0 Å². The van der Waals surface area contributed by atoms with Crippen LogP contribution < -0.4 is 10.3 Å². The number of hydrogen-bond acceptors (Lipinski definition) is 4. The van der Waals surface area contributed by atoms with E-state index in [9.17, 15) is 4.79 Å². The molecule has 0 bridgehead atoms. The van der Waals surface area contributed by atoms with Gasteiger partial charge in [-0.05, 0) is 75.6 Å². The van der Waals surface area contributed by atoms with Crippen molar-refractivity contribution >= 4 is 34.4 Å². The lowest BCUT2D eigenvalue weighted by atomic mass is 9.87. The number of carbonyl (C=O) groups is 1. The maximum Gasteiger partial charge on any atom is 0.307 e. The molecule has 0 radical (unpaired) electrons. The molecule has 1 amide bonds. The van der Waals surface area contributed by atoms with Gasteiger partial charge in [0.2, 0.25) is 0 Å². The third-order valence-corrected chi connectivity index (χ3v) is 5.70. The number of hydrogen-bond donors (Lipinski definition) is 1. The predicted molar refractivity (Wildman–Crippen MR) is 123 cm³/mol. The van der Waals surface area contributed by atoms with E-state index in [1.54, 1.807) is 12.3 Å². The quantitative estimate of drug-likeness (QED) is 0.462. The van der Waals surface area contributed by atoms with E-state index in [-0.39, 0.29) is 17.2 Å². The molecule has 1 aromatic heterocycles.